The van der Waals surface area contributed by atoms with E-state index in [-0.39, 0.29) is 12.2 Å². The van der Waals surface area contributed by atoms with Gasteiger partial charge < -0.3 is 9.47 Å². The second-order valence-corrected chi connectivity index (χ2v) is 7.06. The van der Waals surface area contributed by atoms with Crippen LogP contribution >= 0.6 is 11.6 Å². The summed E-state index contributed by atoms with van der Waals surface area (Å²) in [5.41, 5.74) is 1.31. The summed E-state index contributed by atoms with van der Waals surface area (Å²) in [4.78, 5) is 2.61. The molecule has 3 nitrogen and oxygen atoms in total. The van der Waals surface area contributed by atoms with Crippen LogP contribution in [0.2, 0.25) is 5.02 Å². The first-order chi connectivity index (χ1) is 11.0. The van der Waals surface area contributed by atoms with E-state index in [9.17, 15) is 0 Å². The third-order valence-electron chi connectivity index (χ3n) is 4.82. The fraction of sp³-hybridized carbons (Fsp3) is 0.684. The molecule has 2 rings (SSSR count). The molecule has 0 radical (unpaired) electrons. The number of ether oxygens (including phenoxy) is 2. The summed E-state index contributed by atoms with van der Waals surface area (Å²) >= 11 is 6.00. The van der Waals surface area contributed by atoms with Crippen LogP contribution in [0.25, 0.3) is 0 Å². The number of rotatable bonds is 7. The van der Waals surface area contributed by atoms with Gasteiger partial charge in [-0.1, -0.05) is 37.1 Å². The van der Waals surface area contributed by atoms with Gasteiger partial charge in [-0.05, 0) is 44.4 Å². The molecule has 1 fully saturated rings. The molecule has 0 spiro atoms. The predicted octanol–water partition coefficient (Wildman–Crippen LogP) is 4.18. The van der Waals surface area contributed by atoms with Gasteiger partial charge in [0.1, 0.15) is 0 Å². The van der Waals surface area contributed by atoms with Gasteiger partial charge in [-0.25, -0.2) is 0 Å². The molecular formula is C19H30ClNO2. The van der Waals surface area contributed by atoms with Gasteiger partial charge >= 0.3 is 0 Å². The zero-order valence-electron chi connectivity index (χ0n) is 14.8. The zero-order chi connectivity index (χ0) is 16.8. The van der Waals surface area contributed by atoms with Gasteiger partial charge in [0.2, 0.25) is 0 Å². The fourth-order valence-corrected chi connectivity index (χ4v) is 3.59. The summed E-state index contributed by atoms with van der Waals surface area (Å²) in [6.07, 6.45) is 3.81. The topological polar surface area (TPSA) is 21.7 Å². The molecule has 0 aromatic heterocycles. The summed E-state index contributed by atoms with van der Waals surface area (Å²) in [5, 5.41) is 0.788. The molecule has 0 amide bonds. The lowest BCUT2D eigenvalue weighted by Crippen LogP contribution is -2.57. The molecule has 1 heterocycles. The van der Waals surface area contributed by atoms with Gasteiger partial charge in [0.25, 0.3) is 0 Å². The fourth-order valence-electron chi connectivity index (χ4n) is 3.47. The minimum absolute atomic E-state index is 0.230. The molecule has 0 bridgehead atoms. The number of hydrogen-bond donors (Lipinski definition) is 0. The monoisotopic (exact) mass is 339 g/mol. The van der Waals surface area contributed by atoms with Crippen LogP contribution in [0.5, 0.6) is 0 Å². The number of morpholine rings is 1. The maximum absolute atomic E-state index is 6.00. The Morgan fingerprint density at radius 1 is 1.35 bits per heavy atom. The molecule has 1 aliphatic heterocycles. The van der Waals surface area contributed by atoms with Crippen molar-refractivity contribution in [3.8, 4) is 0 Å². The molecule has 0 unspecified atom stereocenters. The van der Waals surface area contributed by atoms with Crippen molar-refractivity contribution < 1.29 is 9.47 Å². The van der Waals surface area contributed by atoms with Crippen LogP contribution in [0.15, 0.2) is 24.3 Å². The van der Waals surface area contributed by atoms with Gasteiger partial charge in [-0.3, -0.25) is 4.90 Å². The Bertz CT molecular complexity index is 465. The van der Waals surface area contributed by atoms with Crippen LogP contribution in [-0.4, -0.2) is 49.5 Å². The smallest absolute Gasteiger partial charge is 0.0698 e. The first-order valence-corrected chi connectivity index (χ1v) is 9.07. The lowest BCUT2D eigenvalue weighted by molar-refractivity contribution is -0.0961. The van der Waals surface area contributed by atoms with Crippen molar-refractivity contribution in [2.45, 2.75) is 64.3 Å². The van der Waals surface area contributed by atoms with E-state index in [1.54, 1.807) is 0 Å². The van der Waals surface area contributed by atoms with Crippen molar-refractivity contribution in [3.05, 3.63) is 34.9 Å². The maximum atomic E-state index is 6.00. The van der Waals surface area contributed by atoms with E-state index in [4.69, 9.17) is 21.1 Å². The maximum Gasteiger partial charge on any atom is 0.0698 e. The number of methoxy groups -OCH3 is 1. The highest BCUT2D eigenvalue weighted by Gasteiger charge is 2.34. The van der Waals surface area contributed by atoms with Crippen LogP contribution in [0.1, 0.15) is 39.2 Å². The molecule has 130 valence electrons. The van der Waals surface area contributed by atoms with Gasteiger partial charge in [-0.15, -0.1) is 0 Å². The van der Waals surface area contributed by atoms with E-state index in [0.29, 0.717) is 12.1 Å². The molecule has 0 saturated carbocycles. The van der Waals surface area contributed by atoms with E-state index in [0.717, 1.165) is 37.4 Å². The molecule has 0 aliphatic carbocycles. The minimum Gasteiger partial charge on any atom is -0.380 e. The van der Waals surface area contributed by atoms with Gasteiger partial charge in [0.15, 0.2) is 0 Å². The van der Waals surface area contributed by atoms with Crippen molar-refractivity contribution in [3.63, 3.8) is 0 Å². The molecule has 1 saturated heterocycles. The number of nitrogens with zero attached hydrogens (tertiary/aromatic N) is 1. The largest absolute Gasteiger partial charge is 0.380 e. The van der Waals surface area contributed by atoms with Crippen LogP contribution in [0.3, 0.4) is 0 Å². The summed E-state index contributed by atoms with van der Waals surface area (Å²) in [6, 6.07) is 9.00. The standard InChI is InChI=1S/C19H30ClNO2/c1-5-6-19(15(3)22-4)21-12-14(2)23-13-18(21)11-16-7-9-17(20)10-8-16/h7-10,14-15,18-19H,5-6,11-13H2,1-4H3/t14-,15-,18-,19-/m0/s1. The average Bonchev–Trinajstić information content (AvgIpc) is 2.55. The highest BCUT2D eigenvalue weighted by molar-refractivity contribution is 6.30. The van der Waals surface area contributed by atoms with Crippen molar-refractivity contribution in [2.75, 3.05) is 20.3 Å². The number of benzene rings is 1. The van der Waals surface area contributed by atoms with Crippen LogP contribution in [0, 0.1) is 0 Å². The second kappa shape index (κ2) is 9.03. The lowest BCUT2D eigenvalue weighted by atomic mass is 9.97. The Labute approximate surface area is 145 Å². The van der Waals surface area contributed by atoms with Crippen molar-refractivity contribution in [1.29, 1.82) is 0 Å². The van der Waals surface area contributed by atoms with Gasteiger partial charge in [0, 0.05) is 30.8 Å². The number of hydrogen-bond acceptors (Lipinski definition) is 3. The highest BCUT2D eigenvalue weighted by Crippen LogP contribution is 2.24. The normalized spacial score (nSPS) is 25.3. The highest BCUT2D eigenvalue weighted by atomic mass is 35.5. The zero-order valence-corrected chi connectivity index (χ0v) is 15.6. The van der Waals surface area contributed by atoms with Crippen molar-refractivity contribution >= 4 is 11.6 Å². The van der Waals surface area contributed by atoms with Crippen molar-refractivity contribution in [2.24, 2.45) is 0 Å². The third kappa shape index (κ3) is 5.18. The summed E-state index contributed by atoms with van der Waals surface area (Å²) < 4.78 is 11.6. The average molecular weight is 340 g/mol. The summed E-state index contributed by atoms with van der Waals surface area (Å²) in [6.45, 7) is 8.33. The van der Waals surface area contributed by atoms with Gasteiger partial charge in [0.05, 0.1) is 18.8 Å². The Balaban J connectivity index is 2.15. The van der Waals surface area contributed by atoms with Crippen LogP contribution in [0.4, 0.5) is 0 Å². The molecule has 23 heavy (non-hydrogen) atoms. The predicted molar refractivity (Wildman–Crippen MR) is 96.2 cm³/mol. The Hall–Kier alpha value is -0.610. The summed E-state index contributed by atoms with van der Waals surface area (Å²) in [5.74, 6) is 0. The van der Waals surface area contributed by atoms with E-state index in [1.807, 2.05) is 19.2 Å². The van der Waals surface area contributed by atoms with Crippen LogP contribution in [-0.2, 0) is 15.9 Å². The first kappa shape index (κ1) is 18.7. The Kier molecular flexibility index (Phi) is 7.35. The van der Waals surface area contributed by atoms with Gasteiger partial charge in [-0.2, -0.15) is 0 Å². The van der Waals surface area contributed by atoms with E-state index < -0.39 is 0 Å². The second-order valence-electron chi connectivity index (χ2n) is 6.62. The van der Waals surface area contributed by atoms with Crippen molar-refractivity contribution in [1.82, 2.24) is 4.90 Å². The van der Waals surface area contributed by atoms with E-state index in [2.05, 4.69) is 37.8 Å². The molecule has 4 atom stereocenters. The molecule has 1 aliphatic rings. The Morgan fingerprint density at radius 2 is 2.04 bits per heavy atom. The molecule has 1 aromatic carbocycles. The molecule has 1 aromatic rings. The quantitative estimate of drug-likeness (QED) is 0.744. The lowest BCUT2D eigenvalue weighted by Gasteiger charge is -2.45. The summed E-state index contributed by atoms with van der Waals surface area (Å²) in [7, 11) is 1.81. The number of halogens is 1. The SMILES string of the molecule is CCC[C@@H]([C@H](C)OC)N1C[C@H](C)OC[C@@H]1Cc1ccc(Cl)cc1. The van der Waals surface area contributed by atoms with E-state index >= 15 is 0 Å². The first-order valence-electron chi connectivity index (χ1n) is 8.69. The minimum atomic E-state index is 0.230. The molecule has 4 heteroatoms. The molecule has 0 N–H and O–H groups in total. The Morgan fingerprint density at radius 3 is 2.65 bits per heavy atom. The third-order valence-corrected chi connectivity index (χ3v) is 5.07. The van der Waals surface area contributed by atoms with Crippen LogP contribution < -0.4 is 0 Å². The van der Waals surface area contributed by atoms with E-state index in [1.165, 1.54) is 5.56 Å². The molecular weight excluding hydrogens is 310 g/mol.